The maximum absolute atomic E-state index is 12.6. The fraction of sp³-hybridized carbons (Fsp3) is 0.211. The number of carbonyl (C=O) groups is 1. The lowest BCUT2D eigenvalue weighted by Crippen LogP contribution is -2.23. The second-order valence-electron chi connectivity index (χ2n) is 6.33. The molecule has 0 heterocycles. The first-order valence-electron chi connectivity index (χ1n) is 7.22. The summed E-state index contributed by atoms with van der Waals surface area (Å²) >= 11 is 0. The van der Waals surface area contributed by atoms with Crippen LogP contribution in [0, 0.1) is 0 Å². The van der Waals surface area contributed by atoms with Gasteiger partial charge in [0, 0.05) is 5.39 Å². The predicted molar refractivity (Wildman–Crippen MR) is 86.8 cm³/mol. The second kappa shape index (κ2) is 5.02. The van der Waals surface area contributed by atoms with E-state index < -0.39 is 11.6 Å². The quantitative estimate of drug-likeness (QED) is 0.463. The summed E-state index contributed by atoms with van der Waals surface area (Å²) in [5, 5.41) is 16.1. The van der Waals surface area contributed by atoms with E-state index in [4.69, 9.17) is 4.74 Å². The highest BCUT2D eigenvalue weighted by atomic mass is 16.6. The standard InChI is InChI=1S/C19H17O3/c1-19(2,3)22-18(21)16-11-10-14-13-7-5-4-6-12(13)8-9-15(14)17(16)20/h4-11H,1-3H3. The molecule has 0 amide bonds. The minimum absolute atomic E-state index is 0.0812. The minimum Gasteiger partial charge on any atom is -0.456 e. The number of carbonyl (C=O) groups excluding carboxylic acids is 1. The van der Waals surface area contributed by atoms with E-state index >= 15 is 0 Å². The molecule has 0 aliphatic heterocycles. The van der Waals surface area contributed by atoms with E-state index in [0.29, 0.717) is 5.39 Å². The molecule has 0 aliphatic rings. The highest BCUT2D eigenvalue weighted by Gasteiger charge is 2.22. The summed E-state index contributed by atoms with van der Waals surface area (Å²) in [6.07, 6.45) is 0. The molecule has 0 N–H and O–H groups in total. The Morgan fingerprint density at radius 3 is 2.27 bits per heavy atom. The highest BCUT2D eigenvalue weighted by Crippen LogP contribution is 2.34. The topological polar surface area (TPSA) is 46.2 Å². The van der Waals surface area contributed by atoms with Crippen molar-refractivity contribution in [2.24, 2.45) is 0 Å². The molecule has 0 bridgehead atoms. The van der Waals surface area contributed by atoms with Crippen LogP contribution in [0.2, 0.25) is 0 Å². The van der Waals surface area contributed by atoms with E-state index in [1.54, 1.807) is 32.9 Å². The van der Waals surface area contributed by atoms with Gasteiger partial charge in [0.1, 0.15) is 11.2 Å². The molecule has 0 aliphatic carbocycles. The molecule has 3 heteroatoms. The van der Waals surface area contributed by atoms with Crippen LogP contribution in [-0.2, 0) is 9.84 Å². The zero-order valence-corrected chi connectivity index (χ0v) is 12.8. The van der Waals surface area contributed by atoms with Crippen LogP contribution < -0.4 is 0 Å². The van der Waals surface area contributed by atoms with Gasteiger partial charge in [-0.05, 0) is 49.1 Å². The van der Waals surface area contributed by atoms with Crippen molar-refractivity contribution < 1.29 is 14.6 Å². The number of rotatable bonds is 1. The number of fused-ring (bicyclic) bond motifs is 3. The lowest BCUT2D eigenvalue weighted by Gasteiger charge is -2.19. The van der Waals surface area contributed by atoms with Crippen LogP contribution in [0.25, 0.3) is 21.5 Å². The average Bonchev–Trinajstić information content (AvgIpc) is 2.45. The first-order chi connectivity index (χ1) is 10.4. The molecule has 0 aromatic heterocycles. The van der Waals surface area contributed by atoms with Crippen LogP contribution >= 0.6 is 0 Å². The fourth-order valence-electron chi connectivity index (χ4n) is 2.55. The number of ether oxygens (including phenoxy) is 1. The molecular weight excluding hydrogens is 276 g/mol. The fourth-order valence-corrected chi connectivity index (χ4v) is 2.55. The smallest absolute Gasteiger partial charge is 0.342 e. The Kier molecular flexibility index (Phi) is 3.28. The summed E-state index contributed by atoms with van der Waals surface area (Å²) in [6, 6.07) is 14.9. The van der Waals surface area contributed by atoms with Crippen LogP contribution in [-0.4, -0.2) is 11.6 Å². The van der Waals surface area contributed by atoms with Crippen molar-refractivity contribution in [1.29, 1.82) is 0 Å². The van der Waals surface area contributed by atoms with Crippen molar-refractivity contribution in [1.82, 2.24) is 0 Å². The first-order valence-corrected chi connectivity index (χ1v) is 7.22. The molecule has 0 spiro atoms. The van der Waals surface area contributed by atoms with Crippen LogP contribution in [0.3, 0.4) is 0 Å². The number of benzene rings is 3. The number of hydrogen-bond acceptors (Lipinski definition) is 2. The van der Waals surface area contributed by atoms with E-state index in [0.717, 1.165) is 16.2 Å². The molecule has 0 fully saturated rings. The minimum atomic E-state index is -0.623. The third-order valence-corrected chi connectivity index (χ3v) is 3.50. The van der Waals surface area contributed by atoms with Crippen molar-refractivity contribution >= 4 is 27.5 Å². The summed E-state index contributed by atoms with van der Waals surface area (Å²) in [5.74, 6) is -0.856. The largest absolute Gasteiger partial charge is 0.456 e. The summed E-state index contributed by atoms with van der Waals surface area (Å²) < 4.78 is 5.30. The molecule has 0 saturated heterocycles. The summed E-state index contributed by atoms with van der Waals surface area (Å²) in [4.78, 5) is 12.2. The highest BCUT2D eigenvalue weighted by molar-refractivity contribution is 6.12. The number of hydrogen-bond donors (Lipinski definition) is 0. The molecule has 0 atom stereocenters. The zero-order chi connectivity index (χ0) is 15.9. The third-order valence-electron chi connectivity index (χ3n) is 3.50. The van der Waals surface area contributed by atoms with Gasteiger partial charge < -0.3 is 4.74 Å². The molecule has 0 unspecified atom stereocenters. The molecule has 3 nitrogen and oxygen atoms in total. The summed E-state index contributed by atoms with van der Waals surface area (Å²) in [5.41, 5.74) is -0.542. The molecule has 1 radical (unpaired) electrons. The Balaban J connectivity index is 2.18. The normalized spacial score (nSPS) is 11.8. The van der Waals surface area contributed by atoms with Gasteiger partial charge in [-0.3, -0.25) is 5.11 Å². The van der Waals surface area contributed by atoms with Gasteiger partial charge in [-0.25, -0.2) is 4.79 Å². The van der Waals surface area contributed by atoms with Crippen molar-refractivity contribution in [3.8, 4) is 5.75 Å². The maximum atomic E-state index is 12.6. The van der Waals surface area contributed by atoms with Gasteiger partial charge >= 0.3 is 5.97 Å². The van der Waals surface area contributed by atoms with Crippen LogP contribution in [0.5, 0.6) is 5.75 Å². The Bertz CT molecular complexity index is 873. The first kappa shape index (κ1) is 14.4. The Morgan fingerprint density at radius 1 is 0.864 bits per heavy atom. The van der Waals surface area contributed by atoms with E-state index in [-0.39, 0.29) is 11.3 Å². The summed E-state index contributed by atoms with van der Waals surface area (Å²) in [7, 11) is 0. The lowest BCUT2D eigenvalue weighted by atomic mass is 9.99. The predicted octanol–water partition coefficient (Wildman–Crippen LogP) is 5.09. The monoisotopic (exact) mass is 293 g/mol. The molecule has 111 valence electrons. The molecule has 22 heavy (non-hydrogen) atoms. The van der Waals surface area contributed by atoms with Crippen LogP contribution in [0.15, 0.2) is 48.5 Å². The van der Waals surface area contributed by atoms with Gasteiger partial charge in [-0.2, -0.15) is 0 Å². The van der Waals surface area contributed by atoms with Crippen molar-refractivity contribution in [2.75, 3.05) is 0 Å². The van der Waals surface area contributed by atoms with Crippen molar-refractivity contribution in [2.45, 2.75) is 26.4 Å². The van der Waals surface area contributed by atoms with Gasteiger partial charge in [-0.1, -0.05) is 36.4 Å². The second-order valence-corrected chi connectivity index (χ2v) is 6.33. The zero-order valence-electron chi connectivity index (χ0n) is 12.8. The van der Waals surface area contributed by atoms with Crippen molar-refractivity contribution in [3.63, 3.8) is 0 Å². The molecular formula is C19H17O3. The van der Waals surface area contributed by atoms with Gasteiger partial charge in [-0.15, -0.1) is 0 Å². The van der Waals surface area contributed by atoms with E-state index in [9.17, 15) is 9.90 Å². The van der Waals surface area contributed by atoms with E-state index in [1.807, 2.05) is 36.4 Å². The van der Waals surface area contributed by atoms with Gasteiger partial charge in [0.2, 0.25) is 5.75 Å². The van der Waals surface area contributed by atoms with E-state index in [1.165, 1.54) is 0 Å². The Morgan fingerprint density at radius 2 is 1.55 bits per heavy atom. The maximum Gasteiger partial charge on any atom is 0.342 e. The van der Waals surface area contributed by atoms with Gasteiger partial charge in [0.25, 0.3) is 0 Å². The Hall–Kier alpha value is -2.55. The molecule has 3 rings (SSSR count). The summed E-state index contributed by atoms with van der Waals surface area (Å²) in [6.45, 7) is 5.35. The van der Waals surface area contributed by atoms with Gasteiger partial charge in [0.15, 0.2) is 0 Å². The average molecular weight is 293 g/mol. The third kappa shape index (κ3) is 2.50. The molecule has 0 saturated carbocycles. The molecule has 3 aromatic rings. The number of esters is 1. The van der Waals surface area contributed by atoms with E-state index in [2.05, 4.69) is 0 Å². The van der Waals surface area contributed by atoms with Gasteiger partial charge in [0.05, 0.1) is 0 Å². The van der Waals surface area contributed by atoms with Crippen LogP contribution in [0.4, 0.5) is 0 Å². The van der Waals surface area contributed by atoms with Crippen molar-refractivity contribution in [3.05, 3.63) is 54.1 Å². The Labute approximate surface area is 129 Å². The molecule has 3 aromatic carbocycles. The SMILES string of the molecule is CC(C)(C)OC(=O)c1ccc2c(ccc3ccccc32)c1[O]. The lowest BCUT2D eigenvalue weighted by molar-refractivity contribution is 0.00657. The van der Waals surface area contributed by atoms with Crippen LogP contribution in [0.1, 0.15) is 31.1 Å².